The Hall–Kier alpha value is -1.42. The Morgan fingerprint density at radius 1 is 1.22 bits per heavy atom. The van der Waals surface area contributed by atoms with Crippen molar-refractivity contribution in [2.24, 2.45) is 5.84 Å². The minimum Gasteiger partial charge on any atom is -0.270 e. The Bertz CT molecular complexity index is 399. The van der Waals surface area contributed by atoms with Crippen LogP contribution in [0.3, 0.4) is 0 Å². The van der Waals surface area contributed by atoms with Gasteiger partial charge in [-0.25, -0.2) is 15.2 Å². The summed E-state index contributed by atoms with van der Waals surface area (Å²) < 4.78 is 12.2. The monoisotopic (exact) mass is 250 g/mol. The molecule has 1 aliphatic rings. The molecule has 0 bridgehead atoms. The standard InChI is InChI=1S/C14H19FN2O/c15-10-14(18)17(16)13-8-6-12(7-9-13)11-4-2-1-3-5-11/h6-9,11H,1-5,10,16H2. The van der Waals surface area contributed by atoms with Gasteiger partial charge in [-0.2, -0.15) is 0 Å². The van der Waals surface area contributed by atoms with Gasteiger partial charge in [-0.15, -0.1) is 0 Å². The van der Waals surface area contributed by atoms with Crippen molar-refractivity contribution in [2.45, 2.75) is 38.0 Å². The van der Waals surface area contributed by atoms with Crippen molar-refractivity contribution in [1.29, 1.82) is 0 Å². The van der Waals surface area contributed by atoms with Crippen LogP contribution in [0.4, 0.5) is 10.1 Å². The Morgan fingerprint density at radius 3 is 2.39 bits per heavy atom. The van der Waals surface area contributed by atoms with E-state index in [2.05, 4.69) is 0 Å². The molecule has 2 rings (SSSR count). The fourth-order valence-electron chi connectivity index (χ4n) is 2.55. The van der Waals surface area contributed by atoms with Crippen molar-refractivity contribution < 1.29 is 9.18 Å². The van der Waals surface area contributed by atoms with Crippen LogP contribution < -0.4 is 10.9 Å². The SMILES string of the molecule is NN(C(=O)CF)c1ccc(C2CCCCC2)cc1. The third-order valence-corrected chi connectivity index (χ3v) is 3.63. The van der Waals surface area contributed by atoms with E-state index in [1.807, 2.05) is 12.1 Å². The Labute approximate surface area is 107 Å². The van der Waals surface area contributed by atoms with Gasteiger partial charge in [0.25, 0.3) is 5.91 Å². The lowest BCUT2D eigenvalue weighted by Crippen LogP contribution is -2.38. The average molecular weight is 250 g/mol. The van der Waals surface area contributed by atoms with Gasteiger partial charge in [0, 0.05) is 0 Å². The van der Waals surface area contributed by atoms with Crippen molar-refractivity contribution >= 4 is 11.6 Å². The lowest BCUT2D eigenvalue weighted by Gasteiger charge is -2.22. The highest BCUT2D eigenvalue weighted by Crippen LogP contribution is 2.33. The predicted octanol–water partition coefficient (Wildman–Crippen LogP) is 2.91. The number of nitrogens with zero attached hydrogens (tertiary/aromatic N) is 1. The summed E-state index contributed by atoms with van der Waals surface area (Å²) in [6, 6.07) is 7.57. The van der Waals surface area contributed by atoms with Crippen molar-refractivity contribution in [3.8, 4) is 0 Å². The number of halogens is 1. The summed E-state index contributed by atoms with van der Waals surface area (Å²) in [5.74, 6) is 5.42. The first-order chi connectivity index (χ1) is 8.72. The van der Waals surface area contributed by atoms with Gasteiger partial charge in [-0.1, -0.05) is 31.4 Å². The molecular weight excluding hydrogens is 231 g/mol. The topological polar surface area (TPSA) is 46.3 Å². The zero-order chi connectivity index (χ0) is 13.0. The van der Waals surface area contributed by atoms with Crippen molar-refractivity contribution in [3.63, 3.8) is 0 Å². The molecule has 0 saturated heterocycles. The molecule has 0 radical (unpaired) electrons. The first kappa shape index (κ1) is 13.0. The zero-order valence-electron chi connectivity index (χ0n) is 10.4. The summed E-state index contributed by atoms with van der Waals surface area (Å²) in [5, 5.41) is 0.866. The second-order valence-electron chi connectivity index (χ2n) is 4.82. The molecule has 1 amide bonds. The third-order valence-electron chi connectivity index (χ3n) is 3.63. The molecule has 1 aromatic rings. The molecule has 2 N–H and O–H groups in total. The van der Waals surface area contributed by atoms with Gasteiger partial charge >= 0.3 is 0 Å². The van der Waals surface area contributed by atoms with Gasteiger partial charge in [0.2, 0.25) is 0 Å². The van der Waals surface area contributed by atoms with Crippen molar-refractivity contribution in [3.05, 3.63) is 29.8 Å². The zero-order valence-corrected chi connectivity index (χ0v) is 10.4. The van der Waals surface area contributed by atoms with Gasteiger partial charge in [0.15, 0.2) is 6.67 Å². The minimum absolute atomic E-state index is 0.539. The van der Waals surface area contributed by atoms with E-state index in [1.54, 1.807) is 12.1 Å². The number of hydrogen-bond donors (Lipinski definition) is 1. The van der Waals surface area contributed by atoms with Gasteiger partial charge in [0.1, 0.15) is 0 Å². The first-order valence-corrected chi connectivity index (χ1v) is 6.46. The van der Waals surface area contributed by atoms with Crippen LogP contribution in [-0.4, -0.2) is 12.6 Å². The van der Waals surface area contributed by atoms with Gasteiger partial charge in [-0.3, -0.25) is 4.79 Å². The Balaban J connectivity index is 2.07. The summed E-state index contributed by atoms with van der Waals surface area (Å²) >= 11 is 0. The molecule has 0 aromatic heterocycles. The summed E-state index contributed by atoms with van der Waals surface area (Å²) in [6.45, 7) is -1.07. The average Bonchev–Trinajstić information content (AvgIpc) is 2.47. The number of hydrazine groups is 1. The van der Waals surface area contributed by atoms with E-state index in [1.165, 1.54) is 37.7 Å². The van der Waals surface area contributed by atoms with Gasteiger partial charge < -0.3 is 0 Å². The molecule has 1 fully saturated rings. The van der Waals surface area contributed by atoms with E-state index >= 15 is 0 Å². The summed E-state index contributed by atoms with van der Waals surface area (Å²) in [5.41, 5.74) is 1.83. The molecule has 18 heavy (non-hydrogen) atoms. The van der Waals surface area contributed by atoms with E-state index < -0.39 is 12.6 Å². The molecule has 0 unspecified atom stereocenters. The number of hydrogen-bond acceptors (Lipinski definition) is 2. The van der Waals surface area contributed by atoms with Crippen molar-refractivity contribution in [2.75, 3.05) is 11.7 Å². The highest BCUT2D eigenvalue weighted by Gasteiger charge is 2.16. The number of nitrogens with two attached hydrogens (primary N) is 1. The number of amides is 1. The lowest BCUT2D eigenvalue weighted by molar-refractivity contribution is -0.119. The van der Waals surface area contributed by atoms with Crippen LogP contribution in [0.5, 0.6) is 0 Å². The van der Waals surface area contributed by atoms with Crippen LogP contribution in [0.25, 0.3) is 0 Å². The summed E-state index contributed by atoms with van der Waals surface area (Å²) in [6.07, 6.45) is 6.37. The molecule has 0 spiro atoms. The van der Waals surface area contributed by atoms with E-state index in [-0.39, 0.29) is 0 Å². The second-order valence-corrected chi connectivity index (χ2v) is 4.82. The number of benzene rings is 1. The van der Waals surface area contributed by atoms with E-state index in [0.29, 0.717) is 11.6 Å². The maximum Gasteiger partial charge on any atom is 0.272 e. The fourth-order valence-corrected chi connectivity index (χ4v) is 2.55. The first-order valence-electron chi connectivity index (χ1n) is 6.46. The number of carbonyl (C=O) groups excluding carboxylic acids is 1. The van der Waals surface area contributed by atoms with Crippen molar-refractivity contribution in [1.82, 2.24) is 0 Å². The van der Waals surface area contributed by atoms with E-state index in [0.717, 1.165) is 5.01 Å². The predicted molar refractivity (Wildman–Crippen MR) is 69.9 cm³/mol. The summed E-state index contributed by atoms with van der Waals surface area (Å²) in [4.78, 5) is 11.1. The summed E-state index contributed by atoms with van der Waals surface area (Å²) in [7, 11) is 0. The number of anilines is 1. The highest BCUT2D eigenvalue weighted by molar-refractivity contribution is 5.92. The van der Waals surface area contributed by atoms with Crippen LogP contribution in [0.1, 0.15) is 43.6 Å². The minimum atomic E-state index is -1.07. The number of rotatable bonds is 3. The number of alkyl halides is 1. The maximum absolute atomic E-state index is 12.2. The highest BCUT2D eigenvalue weighted by atomic mass is 19.1. The molecular formula is C14H19FN2O. The largest absolute Gasteiger partial charge is 0.272 e. The van der Waals surface area contributed by atoms with Crippen LogP contribution in [-0.2, 0) is 4.79 Å². The molecule has 1 aromatic carbocycles. The molecule has 98 valence electrons. The van der Waals surface area contributed by atoms with E-state index in [9.17, 15) is 9.18 Å². The lowest BCUT2D eigenvalue weighted by atomic mass is 9.84. The molecule has 1 aliphatic carbocycles. The molecule has 0 atom stereocenters. The quantitative estimate of drug-likeness (QED) is 0.509. The molecule has 3 nitrogen and oxygen atoms in total. The van der Waals surface area contributed by atoms with E-state index in [4.69, 9.17) is 5.84 Å². The Kier molecular flexibility index (Phi) is 4.31. The van der Waals surface area contributed by atoms with Crippen LogP contribution in [0.15, 0.2) is 24.3 Å². The normalized spacial score (nSPS) is 16.6. The second kappa shape index (κ2) is 5.96. The fraction of sp³-hybridized carbons (Fsp3) is 0.500. The third kappa shape index (κ3) is 2.88. The smallest absolute Gasteiger partial charge is 0.270 e. The van der Waals surface area contributed by atoms with Crippen LogP contribution in [0, 0.1) is 0 Å². The van der Waals surface area contributed by atoms with Crippen LogP contribution in [0.2, 0.25) is 0 Å². The maximum atomic E-state index is 12.2. The molecule has 0 aliphatic heterocycles. The van der Waals surface area contributed by atoms with Gasteiger partial charge in [-0.05, 0) is 36.5 Å². The van der Waals surface area contributed by atoms with Crippen LogP contribution >= 0.6 is 0 Å². The Morgan fingerprint density at radius 2 is 1.83 bits per heavy atom. The molecule has 4 heteroatoms. The van der Waals surface area contributed by atoms with Gasteiger partial charge in [0.05, 0.1) is 5.69 Å². The molecule has 0 heterocycles. The number of carbonyl (C=O) groups is 1. The molecule has 1 saturated carbocycles.